The first-order valence-electron chi connectivity index (χ1n) is 6.31. The summed E-state index contributed by atoms with van der Waals surface area (Å²) in [5, 5.41) is 24.5. The van der Waals surface area contributed by atoms with E-state index in [4.69, 9.17) is 5.11 Å². The van der Waals surface area contributed by atoms with Gasteiger partial charge in [-0.25, -0.2) is 4.79 Å². The molecule has 0 fully saturated rings. The normalized spacial score (nSPS) is 13.0. The van der Waals surface area contributed by atoms with Gasteiger partial charge in [0.2, 0.25) is 0 Å². The van der Waals surface area contributed by atoms with Crippen LogP contribution in [-0.4, -0.2) is 28.6 Å². The van der Waals surface area contributed by atoms with Crippen LogP contribution in [0.5, 0.6) is 0 Å². The Kier molecular flexibility index (Phi) is 5.23. The number of carbonyl (C=O) groups excluding carboxylic acids is 1. The summed E-state index contributed by atoms with van der Waals surface area (Å²) in [6, 6.07) is 4.76. The third kappa shape index (κ3) is 4.44. The Morgan fingerprint density at radius 2 is 1.90 bits per heavy atom. The number of carboxylic acids is 1. The lowest BCUT2D eigenvalue weighted by atomic mass is 9.88. The summed E-state index contributed by atoms with van der Waals surface area (Å²) in [4.78, 5) is 32.7. The van der Waals surface area contributed by atoms with E-state index in [0.717, 1.165) is 0 Å². The average molecular weight is 295 g/mol. The van der Waals surface area contributed by atoms with E-state index in [1.807, 2.05) is 0 Å². The smallest absolute Gasteiger partial charge is 0.319 e. The maximum Gasteiger partial charge on any atom is 0.319 e. The molecule has 1 aromatic rings. The zero-order chi connectivity index (χ0) is 16.0. The number of carbonyl (C=O) groups is 2. The number of anilines is 1. The van der Waals surface area contributed by atoms with Crippen molar-refractivity contribution in [1.82, 2.24) is 5.32 Å². The van der Waals surface area contributed by atoms with Crippen LogP contribution in [0.4, 0.5) is 16.2 Å². The number of nitro benzene ring substituents is 1. The second-order valence-electron chi connectivity index (χ2n) is 4.83. The van der Waals surface area contributed by atoms with Crippen LogP contribution in [0.1, 0.15) is 20.3 Å². The lowest BCUT2D eigenvalue weighted by molar-refractivity contribution is -0.384. The number of hydrogen-bond donors (Lipinski definition) is 3. The molecular formula is C13H17N3O5. The molecule has 8 nitrogen and oxygen atoms in total. The fraction of sp³-hybridized carbons (Fsp3) is 0.385. The summed E-state index contributed by atoms with van der Waals surface area (Å²) >= 11 is 0. The number of hydrogen-bond acceptors (Lipinski definition) is 4. The molecule has 1 aromatic carbocycles. The number of non-ortho nitro benzene ring substituents is 1. The van der Waals surface area contributed by atoms with Crippen molar-refractivity contribution < 1.29 is 19.6 Å². The molecule has 0 radical (unpaired) electrons. The summed E-state index contributed by atoms with van der Waals surface area (Å²) in [7, 11) is 0. The van der Waals surface area contributed by atoms with Gasteiger partial charge in [-0.3, -0.25) is 14.9 Å². The lowest BCUT2D eigenvalue weighted by Crippen LogP contribution is -2.42. The van der Waals surface area contributed by atoms with Gasteiger partial charge in [0.1, 0.15) is 0 Å². The molecule has 0 aromatic heterocycles. The third-order valence-corrected chi connectivity index (χ3v) is 3.27. The molecule has 0 saturated heterocycles. The molecule has 3 N–H and O–H groups in total. The van der Waals surface area contributed by atoms with Crippen molar-refractivity contribution >= 4 is 23.4 Å². The van der Waals surface area contributed by atoms with Crippen LogP contribution in [0.3, 0.4) is 0 Å². The van der Waals surface area contributed by atoms with E-state index in [9.17, 15) is 19.7 Å². The van der Waals surface area contributed by atoms with Gasteiger partial charge in [0, 0.05) is 24.4 Å². The number of nitrogens with one attached hydrogen (secondary N) is 2. The molecule has 0 saturated carbocycles. The standard InChI is InChI=1S/C13H17N3O5/c1-3-13(2,11(17)18)8-14-12(19)15-9-4-6-10(7-5-9)16(20)21/h4-7H,3,8H2,1-2H3,(H,17,18)(H2,14,15,19). The van der Waals surface area contributed by atoms with E-state index in [1.54, 1.807) is 13.8 Å². The highest BCUT2D eigenvalue weighted by Crippen LogP contribution is 2.20. The molecule has 0 aliphatic heterocycles. The summed E-state index contributed by atoms with van der Waals surface area (Å²) in [6.45, 7) is 3.25. The number of urea groups is 1. The number of aliphatic carboxylic acids is 1. The van der Waals surface area contributed by atoms with E-state index in [0.29, 0.717) is 12.1 Å². The van der Waals surface area contributed by atoms with Crippen molar-refractivity contribution in [3.05, 3.63) is 34.4 Å². The topological polar surface area (TPSA) is 122 Å². The minimum atomic E-state index is -1.03. The zero-order valence-electron chi connectivity index (χ0n) is 11.8. The predicted octanol–water partition coefficient (Wildman–Crippen LogP) is 2.22. The van der Waals surface area contributed by atoms with Gasteiger partial charge in [-0.15, -0.1) is 0 Å². The van der Waals surface area contributed by atoms with Crippen molar-refractivity contribution in [1.29, 1.82) is 0 Å². The monoisotopic (exact) mass is 295 g/mol. The molecule has 0 aliphatic rings. The van der Waals surface area contributed by atoms with Crippen LogP contribution in [0.15, 0.2) is 24.3 Å². The first-order chi connectivity index (χ1) is 9.78. The van der Waals surface area contributed by atoms with Gasteiger partial charge in [0.25, 0.3) is 5.69 Å². The molecule has 0 bridgehead atoms. The number of amides is 2. The maximum absolute atomic E-state index is 11.7. The second kappa shape index (κ2) is 6.69. The maximum atomic E-state index is 11.7. The molecule has 114 valence electrons. The molecule has 0 heterocycles. The van der Waals surface area contributed by atoms with Crippen LogP contribution in [0, 0.1) is 15.5 Å². The lowest BCUT2D eigenvalue weighted by Gasteiger charge is -2.23. The summed E-state index contributed by atoms with van der Waals surface area (Å²) in [6.07, 6.45) is 0.375. The molecule has 2 amide bonds. The first-order valence-corrected chi connectivity index (χ1v) is 6.31. The fourth-order valence-corrected chi connectivity index (χ4v) is 1.47. The number of nitrogens with zero attached hydrogens (tertiary/aromatic N) is 1. The van der Waals surface area contributed by atoms with Gasteiger partial charge in [0.15, 0.2) is 0 Å². The predicted molar refractivity (Wildman–Crippen MR) is 76.2 cm³/mol. The highest BCUT2D eigenvalue weighted by atomic mass is 16.6. The molecule has 1 atom stereocenters. The van der Waals surface area contributed by atoms with E-state index >= 15 is 0 Å². The molecular weight excluding hydrogens is 278 g/mol. The van der Waals surface area contributed by atoms with Gasteiger partial charge in [-0.2, -0.15) is 0 Å². The minimum absolute atomic E-state index is 0.0162. The molecule has 21 heavy (non-hydrogen) atoms. The molecule has 1 rings (SSSR count). The van der Waals surface area contributed by atoms with Crippen molar-refractivity contribution in [3.8, 4) is 0 Å². The van der Waals surface area contributed by atoms with Gasteiger partial charge in [-0.1, -0.05) is 6.92 Å². The molecule has 0 aliphatic carbocycles. The van der Waals surface area contributed by atoms with Crippen molar-refractivity contribution in [2.45, 2.75) is 20.3 Å². The third-order valence-electron chi connectivity index (χ3n) is 3.27. The van der Waals surface area contributed by atoms with Crippen LogP contribution >= 0.6 is 0 Å². The van der Waals surface area contributed by atoms with Gasteiger partial charge in [-0.05, 0) is 25.5 Å². The number of rotatable bonds is 6. The highest BCUT2D eigenvalue weighted by molar-refractivity contribution is 5.89. The Balaban J connectivity index is 2.58. The Labute approximate surface area is 121 Å². The van der Waals surface area contributed by atoms with E-state index in [2.05, 4.69) is 10.6 Å². The number of nitro groups is 1. The fourth-order valence-electron chi connectivity index (χ4n) is 1.47. The summed E-state index contributed by atoms with van der Waals surface area (Å²) < 4.78 is 0. The summed E-state index contributed by atoms with van der Waals surface area (Å²) in [5.74, 6) is -0.986. The van der Waals surface area contributed by atoms with E-state index < -0.39 is 22.3 Å². The van der Waals surface area contributed by atoms with Gasteiger partial charge >= 0.3 is 12.0 Å². The molecule has 0 spiro atoms. The summed E-state index contributed by atoms with van der Waals surface area (Å²) in [5.41, 5.74) is -0.732. The molecule has 1 unspecified atom stereocenters. The van der Waals surface area contributed by atoms with E-state index in [-0.39, 0.29) is 12.2 Å². The SMILES string of the molecule is CCC(C)(CNC(=O)Nc1ccc([N+](=O)[O-])cc1)C(=O)O. The highest BCUT2D eigenvalue weighted by Gasteiger charge is 2.31. The van der Waals surface area contributed by atoms with Gasteiger partial charge in [0.05, 0.1) is 10.3 Å². The van der Waals surface area contributed by atoms with Crippen LogP contribution in [0.2, 0.25) is 0 Å². The second-order valence-corrected chi connectivity index (χ2v) is 4.83. The van der Waals surface area contributed by atoms with Gasteiger partial charge < -0.3 is 15.7 Å². The van der Waals surface area contributed by atoms with Crippen molar-refractivity contribution in [2.24, 2.45) is 5.41 Å². The number of carboxylic acid groups (broad SMARTS) is 1. The van der Waals surface area contributed by atoms with Crippen molar-refractivity contribution in [2.75, 3.05) is 11.9 Å². The number of benzene rings is 1. The Hall–Kier alpha value is -2.64. The van der Waals surface area contributed by atoms with E-state index in [1.165, 1.54) is 24.3 Å². The average Bonchev–Trinajstić information content (AvgIpc) is 2.45. The zero-order valence-corrected chi connectivity index (χ0v) is 11.8. The Morgan fingerprint density at radius 1 is 1.33 bits per heavy atom. The Bertz CT molecular complexity index is 543. The van der Waals surface area contributed by atoms with Crippen LogP contribution in [-0.2, 0) is 4.79 Å². The largest absolute Gasteiger partial charge is 0.481 e. The minimum Gasteiger partial charge on any atom is -0.481 e. The van der Waals surface area contributed by atoms with Crippen molar-refractivity contribution in [3.63, 3.8) is 0 Å². The van der Waals surface area contributed by atoms with Crippen LogP contribution in [0.25, 0.3) is 0 Å². The molecule has 8 heteroatoms. The first kappa shape index (κ1) is 16.4. The Morgan fingerprint density at radius 3 is 2.33 bits per heavy atom. The quantitative estimate of drug-likeness (QED) is 0.548. The van der Waals surface area contributed by atoms with Crippen LogP contribution < -0.4 is 10.6 Å².